The highest BCUT2D eigenvalue weighted by atomic mass is 16.7. The van der Waals surface area contributed by atoms with E-state index < -0.39 is 11.6 Å². The van der Waals surface area contributed by atoms with Crippen LogP contribution in [0.2, 0.25) is 0 Å². The molecule has 1 fully saturated rings. The first kappa shape index (κ1) is 15.5. The molecule has 0 N–H and O–H groups in total. The molecule has 0 aromatic heterocycles. The highest BCUT2D eigenvalue weighted by Crippen LogP contribution is 2.32. The van der Waals surface area contributed by atoms with Crippen molar-refractivity contribution in [2.45, 2.75) is 39.3 Å². The summed E-state index contributed by atoms with van der Waals surface area (Å²) < 4.78 is 5.13. The molecule has 1 aromatic carbocycles. The van der Waals surface area contributed by atoms with Crippen LogP contribution in [0.15, 0.2) is 24.3 Å². The predicted molar refractivity (Wildman–Crippen MR) is 78.0 cm³/mol. The van der Waals surface area contributed by atoms with Gasteiger partial charge in [-0.05, 0) is 32.9 Å². The fourth-order valence-corrected chi connectivity index (χ4v) is 2.27. The predicted octanol–water partition coefficient (Wildman–Crippen LogP) is 2.45. The van der Waals surface area contributed by atoms with Crippen molar-refractivity contribution in [3.8, 4) is 5.75 Å². The molecule has 1 aliphatic rings. The summed E-state index contributed by atoms with van der Waals surface area (Å²) in [5.74, 6) is -0.0510. The van der Waals surface area contributed by atoms with Crippen LogP contribution in [0, 0.1) is 5.92 Å². The van der Waals surface area contributed by atoms with Gasteiger partial charge in [-0.1, -0.05) is 19.1 Å². The van der Waals surface area contributed by atoms with Crippen LogP contribution in [0.25, 0.3) is 0 Å². The van der Waals surface area contributed by atoms with Gasteiger partial charge in [0.05, 0.1) is 18.6 Å². The number of ketones is 1. The number of ether oxygens (including phenoxy) is 1. The normalized spacial score (nSPS) is 22.0. The van der Waals surface area contributed by atoms with Crippen LogP contribution >= 0.6 is 0 Å². The number of hydrogen-bond donors (Lipinski definition) is 0. The van der Waals surface area contributed by atoms with Crippen LogP contribution in [0.5, 0.6) is 5.75 Å². The second kappa shape index (κ2) is 5.48. The molecule has 0 bridgehead atoms. The number of amides is 1. The molecular weight excluding hydrogens is 270 g/mol. The molecule has 0 radical (unpaired) electrons. The number of carbonyl (C=O) groups is 2. The number of methoxy groups -OCH3 is 1. The molecule has 5 nitrogen and oxygen atoms in total. The van der Waals surface area contributed by atoms with Gasteiger partial charge in [0.15, 0.2) is 5.78 Å². The molecule has 5 heteroatoms. The van der Waals surface area contributed by atoms with Crippen LogP contribution in [0.3, 0.4) is 0 Å². The molecule has 1 saturated heterocycles. The first-order valence-electron chi connectivity index (χ1n) is 6.95. The van der Waals surface area contributed by atoms with Crippen LogP contribution < -0.4 is 4.74 Å². The maximum atomic E-state index is 12.6. The first-order valence-corrected chi connectivity index (χ1v) is 6.95. The van der Waals surface area contributed by atoms with Crippen LogP contribution in [-0.2, 0) is 9.63 Å². The van der Waals surface area contributed by atoms with Gasteiger partial charge in [0.25, 0.3) is 5.91 Å². The average molecular weight is 291 g/mol. The van der Waals surface area contributed by atoms with Gasteiger partial charge in [0, 0.05) is 5.56 Å². The first-order chi connectivity index (χ1) is 9.74. The zero-order valence-corrected chi connectivity index (χ0v) is 13.0. The molecule has 21 heavy (non-hydrogen) atoms. The van der Waals surface area contributed by atoms with Crippen molar-refractivity contribution in [3.63, 3.8) is 0 Å². The molecular formula is C16H21NO4. The van der Waals surface area contributed by atoms with E-state index in [0.29, 0.717) is 11.3 Å². The Morgan fingerprint density at radius 1 is 1.29 bits per heavy atom. The third-order valence-corrected chi connectivity index (χ3v) is 3.33. The summed E-state index contributed by atoms with van der Waals surface area (Å²) in [7, 11) is 1.55. The maximum absolute atomic E-state index is 12.6. The molecule has 2 atom stereocenters. The van der Waals surface area contributed by atoms with Crippen molar-refractivity contribution >= 4 is 11.7 Å². The topological polar surface area (TPSA) is 55.8 Å². The van der Waals surface area contributed by atoms with Gasteiger partial charge >= 0.3 is 0 Å². The minimum Gasteiger partial charge on any atom is -0.497 e. The molecule has 2 rings (SSSR count). The summed E-state index contributed by atoms with van der Waals surface area (Å²) >= 11 is 0. The number of hydrogen-bond acceptors (Lipinski definition) is 4. The molecule has 1 heterocycles. The fraction of sp³-hybridized carbons (Fsp3) is 0.500. The third kappa shape index (κ3) is 3.08. The Morgan fingerprint density at radius 3 is 2.52 bits per heavy atom. The standard InChI is InChI=1S/C16H21NO4/c1-10-13(17(15(10)19)21-16(2,3)4)14(18)11-7-6-8-12(9-11)20-5/h6-10,13H,1-5H3/t10-,13+/m0/s1. The molecule has 0 aliphatic carbocycles. The monoisotopic (exact) mass is 291 g/mol. The molecule has 1 aliphatic heterocycles. The van der Waals surface area contributed by atoms with E-state index in [9.17, 15) is 9.59 Å². The molecule has 0 saturated carbocycles. The lowest BCUT2D eigenvalue weighted by molar-refractivity contribution is -0.269. The number of carbonyl (C=O) groups excluding carboxylic acids is 2. The number of nitrogens with zero attached hydrogens (tertiary/aromatic N) is 1. The number of β-lactam (4-membered cyclic amide) rings is 1. The van der Waals surface area contributed by atoms with Crippen molar-refractivity contribution < 1.29 is 19.2 Å². The Labute approximate surface area is 124 Å². The molecule has 1 amide bonds. The number of Topliss-reactive ketones (excluding diaryl/α,β-unsaturated/α-hetero) is 1. The summed E-state index contributed by atoms with van der Waals surface area (Å²) in [4.78, 5) is 30.2. The lowest BCUT2D eigenvalue weighted by Crippen LogP contribution is -2.64. The van der Waals surface area contributed by atoms with Gasteiger partial charge in [-0.15, -0.1) is 0 Å². The quantitative estimate of drug-likeness (QED) is 0.631. The van der Waals surface area contributed by atoms with E-state index in [4.69, 9.17) is 9.57 Å². The maximum Gasteiger partial charge on any atom is 0.252 e. The Bertz CT molecular complexity index is 562. The zero-order chi connectivity index (χ0) is 15.8. The van der Waals surface area contributed by atoms with E-state index in [1.807, 2.05) is 20.8 Å². The Hall–Kier alpha value is -1.88. The summed E-state index contributed by atoms with van der Waals surface area (Å²) in [6.45, 7) is 7.27. The minimum atomic E-state index is -0.580. The number of rotatable bonds is 4. The lowest BCUT2D eigenvalue weighted by Gasteiger charge is -2.45. The third-order valence-electron chi connectivity index (χ3n) is 3.33. The van der Waals surface area contributed by atoms with Gasteiger partial charge in [-0.3, -0.25) is 14.4 Å². The molecule has 0 spiro atoms. The van der Waals surface area contributed by atoms with E-state index in [1.54, 1.807) is 38.3 Å². The zero-order valence-electron chi connectivity index (χ0n) is 13.0. The average Bonchev–Trinajstić information content (AvgIpc) is 2.45. The van der Waals surface area contributed by atoms with Crippen LogP contribution in [0.4, 0.5) is 0 Å². The fourth-order valence-electron chi connectivity index (χ4n) is 2.27. The number of hydroxylamine groups is 2. The van der Waals surface area contributed by atoms with E-state index in [0.717, 1.165) is 0 Å². The summed E-state index contributed by atoms with van der Waals surface area (Å²) in [6.07, 6.45) is 0. The summed E-state index contributed by atoms with van der Waals surface area (Å²) in [5.41, 5.74) is -0.0101. The van der Waals surface area contributed by atoms with Crippen molar-refractivity contribution in [1.29, 1.82) is 0 Å². The van der Waals surface area contributed by atoms with Crippen LogP contribution in [0.1, 0.15) is 38.1 Å². The summed E-state index contributed by atoms with van der Waals surface area (Å²) in [6, 6.07) is 6.34. The summed E-state index contributed by atoms with van der Waals surface area (Å²) in [5, 5.41) is 1.20. The van der Waals surface area contributed by atoms with Crippen LogP contribution in [-0.4, -0.2) is 35.5 Å². The largest absolute Gasteiger partial charge is 0.497 e. The Balaban J connectivity index is 2.22. The van der Waals surface area contributed by atoms with Gasteiger partial charge < -0.3 is 4.74 Å². The molecule has 114 valence electrons. The highest BCUT2D eigenvalue weighted by molar-refractivity contribution is 6.08. The Morgan fingerprint density at radius 2 is 1.95 bits per heavy atom. The SMILES string of the molecule is COc1cccc(C(=O)[C@H]2[C@H](C)C(=O)N2OC(C)(C)C)c1. The van der Waals surface area contributed by atoms with Gasteiger partial charge in [0.2, 0.25) is 0 Å². The number of benzene rings is 1. The van der Waals surface area contributed by atoms with E-state index >= 15 is 0 Å². The van der Waals surface area contributed by atoms with Crippen molar-refractivity contribution in [3.05, 3.63) is 29.8 Å². The van der Waals surface area contributed by atoms with Crippen molar-refractivity contribution in [1.82, 2.24) is 5.06 Å². The van der Waals surface area contributed by atoms with Crippen molar-refractivity contribution in [2.24, 2.45) is 5.92 Å². The Kier molecular flexibility index (Phi) is 4.05. The van der Waals surface area contributed by atoms with Gasteiger partial charge in [-0.25, -0.2) is 5.06 Å². The second-order valence-electron chi connectivity index (χ2n) is 6.20. The van der Waals surface area contributed by atoms with Crippen molar-refractivity contribution in [2.75, 3.05) is 7.11 Å². The van der Waals surface area contributed by atoms with Gasteiger partial charge in [-0.2, -0.15) is 0 Å². The molecule has 1 aromatic rings. The second-order valence-corrected chi connectivity index (χ2v) is 6.20. The lowest BCUT2D eigenvalue weighted by atomic mass is 9.85. The molecule has 0 unspecified atom stereocenters. The van der Waals surface area contributed by atoms with Gasteiger partial charge in [0.1, 0.15) is 11.8 Å². The highest BCUT2D eigenvalue weighted by Gasteiger charge is 2.51. The van der Waals surface area contributed by atoms with E-state index in [1.165, 1.54) is 5.06 Å². The van der Waals surface area contributed by atoms with E-state index in [2.05, 4.69) is 0 Å². The smallest absolute Gasteiger partial charge is 0.252 e. The minimum absolute atomic E-state index is 0.134. The van der Waals surface area contributed by atoms with E-state index in [-0.39, 0.29) is 17.6 Å².